The van der Waals surface area contributed by atoms with Gasteiger partial charge in [-0.1, -0.05) is 15.9 Å². The largest absolute Gasteiger partial charge is 0.497 e. The number of benzene rings is 1. The third-order valence-electron chi connectivity index (χ3n) is 2.91. The van der Waals surface area contributed by atoms with E-state index < -0.39 is 5.82 Å². The summed E-state index contributed by atoms with van der Waals surface area (Å²) in [5.41, 5.74) is -0.123. The van der Waals surface area contributed by atoms with Crippen molar-refractivity contribution in [2.45, 2.75) is 18.4 Å². The van der Waals surface area contributed by atoms with E-state index >= 15 is 0 Å². The number of carbonyl (C=O) groups excluding carboxylic acids is 1. The van der Waals surface area contributed by atoms with Gasteiger partial charge in [-0.15, -0.1) is 0 Å². The van der Waals surface area contributed by atoms with E-state index in [1.807, 2.05) is 0 Å². The SMILES string of the molecule is COc1ccc(C(=O)NC2(CBr)CC2)c(F)c1. The van der Waals surface area contributed by atoms with Gasteiger partial charge in [0.2, 0.25) is 0 Å². The summed E-state index contributed by atoms with van der Waals surface area (Å²) in [6, 6.07) is 4.22. The maximum atomic E-state index is 13.6. The lowest BCUT2D eigenvalue weighted by molar-refractivity contribution is 0.0932. The molecule has 1 aliphatic rings. The van der Waals surface area contributed by atoms with Gasteiger partial charge in [0.05, 0.1) is 18.2 Å². The standard InChI is InChI=1S/C12H13BrFNO2/c1-17-8-2-3-9(10(14)6-8)11(16)15-12(7-13)4-5-12/h2-3,6H,4-5,7H2,1H3,(H,15,16). The van der Waals surface area contributed by atoms with Gasteiger partial charge in [-0.3, -0.25) is 4.79 Å². The molecule has 3 nitrogen and oxygen atoms in total. The highest BCUT2D eigenvalue weighted by Crippen LogP contribution is 2.37. The minimum Gasteiger partial charge on any atom is -0.497 e. The molecule has 1 amide bonds. The Balaban J connectivity index is 2.14. The second kappa shape index (κ2) is 4.64. The summed E-state index contributed by atoms with van der Waals surface area (Å²) >= 11 is 3.35. The number of halogens is 2. The van der Waals surface area contributed by atoms with E-state index in [-0.39, 0.29) is 17.0 Å². The molecule has 0 atom stereocenters. The number of nitrogens with one attached hydrogen (secondary N) is 1. The van der Waals surface area contributed by atoms with Crippen LogP contribution < -0.4 is 10.1 Å². The molecule has 0 heterocycles. The van der Waals surface area contributed by atoms with Crippen LogP contribution in [0.15, 0.2) is 18.2 Å². The van der Waals surface area contributed by atoms with Crippen LogP contribution in [0.5, 0.6) is 5.75 Å². The van der Waals surface area contributed by atoms with Crippen molar-refractivity contribution in [1.82, 2.24) is 5.32 Å². The second-order valence-corrected chi connectivity index (χ2v) is 4.77. The van der Waals surface area contributed by atoms with Gasteiger partial charge in [0.25, 0.3) is 5.91 Å². The molecule has 1 aliphatic carbocycles. The van der Waals surface area contributed by atoms with Crippen LogP contribution in [0.25, 0.3) is 0 Å². The number of ether oxygens (including phenoxy) is 1. The first-order chi connectivity index (χ1) is 8.10. The van der Waals surface area contributed by atoms with Crippen LogP contribution in [0, 0.1) is 5.82 Å². The first kappa shape index (κ1) is 12.4. The van der Waals surface area contributed by atoms with E-state index in [4.69, 9.17) is 4.74 Å². The monoisotopic (exact) mass is 301 g/mol. The molecule has 5 heteroatoms. The van der Waals surface area contributed by atoms with Crippen molar-refractivity contribution in [2.75, 3.05) is 12.4 Å². The summed E-state index contributed by atoms with van der Waals surface area (Å²) < 4.78 is 18.5. The summed E-state index contributed by atoms with van der Waals surface area (Å²) in [6.45, 7) is 0. The third-order valence-corrected chi connectivity index (χ3v) is 3.98. The van der Waals surface area contributed by atoms with Crippen LogP contribution in [0.2, 0.25) is 0 Å². The molecule has 0 spiro atoms. The molecule has 0 radical (unpaired) electrons. The van der Waals surface area contributed by atoms with Gasteiger partial charge in [0.15, 0.2) is 0 Å². The fourth-order valence-corrected chi connectivity index (χ4v) is 2.26. The Kier molecular flexibility index (Phi) is 3.38. The molecule has 1 N–H and O–H groups in total. The van der Waals surface area contributed by atoms with Gasteiger partial charge in [-0.05, 0) is 25.0 Å². The lowest BCUT2D eigenvalue weighted by atomic mass is 10.1. The first-order valence-electron chi connectivity index (χ1n) is 5.32. The summed E-state index contributed by atoms with van der Waals surface area (Å²) in [5.74, 6) is -0.532. The lowest BCUT2D eigenvalue weighted by Gasteiger charge is -2.14. The van der Waals surface area contributed by atoms with Crippen LogP contribution in [0.3, 0.4) is 0 Å². The molecule has 1 aromatic rings. The molecule has 92 valence electrons. The van der Waals surface area contributed by atoms with Crippen LogP contribution in [-0.4, -0.2) is 23.9 Å². The summed E-state index contributed by atoms with van der Waals surface area (Å²) in [4.78, 5) is 11.9. The van der Waals surface area contributed by atoms with Gasteiger partial charge < -0.3 is 10.1 Å². The van der Waals surface area contributed by atoms with Crippen molar-refractivity contribution in [3.63, 3.8) is 0 Å². The van der Waals surface area contributed by atoms with Crippen molar-refractivity contribution in [1.29, 1.82) is 0 Å². The fraction of sp³-hybridized carbons (Fsp3) is 0.417. The second-order valence-electron chi connectivity index (χ2n) is 4.21. The van der Waals surface area contributed by atoms with Crippen LogP contribution in [0.1, 0.15) is 23.2 Å². The van der Waals surface area contributed by atoms with E-state index in [1.54, 1.807) is 6.07 Å². The Morgan fingerprint density at radius 2 is 2.29 bits per heavy atom. The summed E-state index contributed by atoms with van der Waals surface area (Å²) in [6.07, 6.45) is 1.86. The number of rotatable bonds is 4. The molecule has 17 heavy (non-hydrogen) atoms. The van der Waals surface area contributed by atoms with E-state index in [9.17, 15) is 9.18 Å². The zero-order chi connectivity index (χ0) is 12.5. The van der Waals surface area contributed by atoms with Crippen LogP contribution >= 0.6 is 15.9 Å². The quantitative estimate of drug-likeness (QED) is 0.868. The van der Waals surface area contributed by atoms with Crippen LogP contribution in [0.4, 0.5) is 4.39 Å². The minimum absolute atomic E-state index is 0.0537. The molecular formula is C12H13BrFNO2. The number of amides is 1. The number of carbonyl (C=O) groups is 1. The van der Waals surface area contributed by atoms with Crippen LogP contribution in [-0.2, 0) is 0 Å². The van der Waals surface area contributed by atoms with E-state index in [1.165, 1.54) is 19.2 Å². The van der Waals surface area contributed by atoms with E-state index in [0.717, 1.165) is 12.8 Å². The molecule has 0 aromatic heterocycles. The molecule has 0 bridgehead atoms. The Bertz CT molecular complexity index is 446. The van der Waals surface area contributed by atoms with Gasteiger partial charge in [-0.25, -0.2) is 4.39 Å². The maximum Gasteiger partial charge on any atom is 0.254 e. The topological polar surface area (TPSA) is 38.3 Å². The molecular weight excluding hydrogens is 289 g/mol. The van der Waals surface area contributed by atoms with Crippen molar-refractivity contribution < 1.29 is 13.9 Å². The lowest BCUT2D eigenvalue weighted by Crippen LogP contribution is -2.38. The van der Waals surface area contributed by atoms with Crippen molar-refractivity contribution in [2.24, 2.45) is 0 Å². The zero-order valence-electron chi connectivity index (χ0n) is 9.43. The average Bonchev–Trinajstić information content (AvgIpc) is 3.09. The Labute approximate surface area is 107 Å². The van der Waals surface area contributed by atoms with Gasteiger partial charge in [0.1, 0.15) is 11.6 Å². The Hall–Kier alpha value is -1.10. The highest BCUT2D eigenvalue weighted by atomic mass is 79.9. The maximum absolute atomic E-state index is 13.6. The highest BCUT2D eigenvalue weighted by Gasteiger charge is 2.43. The molecule has 1 saturated carbocycles. The normalized spacial score (nSPS) is 16.4. The minimum atomic E-state index is -0.563. The van der Waals surface area contributed by atoms with Crippen molar-refractivity contribution in [3.8, 4) is 5.75 Å². The number of methoxy groups -OCH3 is 1. The van der Waals surface area contributed by atoms with Crippen molar-refractivity contribution >= 4 is 21.8 Å². The van der Waals surface area contributed by atoms with Gasteiger partial charge in [-0.2, -0.15) is 0 Å². The third kappa shape index (κ3) is 2.60. The smallest absolute Gasteiger partial charge is 0.254 e. The molecule has 2 rings (SSSR count). The van der Waals surface area contributed by atoms with Gasteiger partial charge >= 0.3 is 0 Å². The average molecular weight is 302 g/mol. The predicted molar refractivity (Wildman–Crippen MR) is 66.2 cm³/mol. The van der Waals surface area contributed by atoms with Crippen molar-refractivity contribution in [3.05, 3.63) is 29.6 Å². The Morgan fingerprint density at radius 1 is 1.59 bits per heavy atom. The highest BCUT2D eigenvalue weighted by molar-refractivity contribution is 9.09. The van der Waals surface area contributed by atoms with Gasteiger partial charge in [0, 0.05) is 11.4 Å². The first-order valence-corrected chi connectivity index (χ1v) is 6.44. The van der Waals surface area contributed by atoms with E-state index in [2.05, 4.69) is 21.2 Å². The molecule has 1 aromatic carbocycles. The number of hydrogen-bond donors (Lipinski definition) is 1. The number of hydrogen-bond acceptors (Lipinski definition) is 2. The summed E-state index contributed by atoms with van der Waals surface area (Å²) in [7, 11) is 1.46. The molecule has 1 fully saturated rings. The zero-order valence-corrected chi connectivity index (χ0v) is 11.0. The fourth-order valence-electron chi connectivity index (χ4n) is 1.56. The molecule has 0 unspecified atom stereocenters. The summed E-state index contributed by atoms with van der Waals surface area (Å²) in [5, 5.41) is 3.54. The molecule has 0 aliphatic heterocycles. The Morgan fingerprint density at radius 3 is 2.76 bits per heavy atom. The number of alkyl halides is 1. The van der Waals surface area contributed by atoms with E-state index in [0.29, 0.717) is 11.1 Å². The predicted octanol–water partition coefficient (Wildman–Crippen LogP) is 2.49. The molecule has 0 saturated heterocycles.